The number of nitrogens with one attached hydrogen (secondary N) is 2. The van der Waals surface area contributed by atoms with E-state index in [9.17, 15) is 0 Å². The van der Waals surface area contributed by atoms with Gasteiger partial charge in [0.2, 0.25) is 0 Å². The van der Waals surface area contributed by atoms with Crippen molar-refractivity contribution in [1.29, 1.82) is 0 Å². The Labute approximate surface area is 76.9 Å². The third kappa shape index (κ3) is 1.80. The summed E-state index contributed by atoms with van der Waals surface area (Å²) in [6.07, 6.45) is 1.94. The van der Waals surface area contributed by atoms with Crippen LogP contribution in [0.5, 0.6) is 0 Å². The van der Waals surface area contributed by atoms with Gasteiger partial charge in [0.15, 0.2) is 11.8 Å². The van der Waals surface area contributed by atoms with E-state index in [2.05, 4.69) is 27.6 Å². The largest absolute Gasteiger partial charge is 0.354 e. The highest BCUT2D eigenvalue weighted by molar-refractivity contribution is 5.93. The Bertz CT molecular complexity index is 314. The predicted octanol–water partition coefficient (Wildman–Crippen LogP) is 0.274. The Morgan fingerprint density at radius 3 is 3.23 bits per heavy atom. The molecule has 2 N–H and O–H groups in total. The molecule has 1 aliphatic rings. The molecule has 5 heteroatoms. The van der Waals surface area contributed by atoms with Gasteiger partial charge in [-0.15, -0.1) is 0 Å². The molecule has 1 aromatic rings. The summed E-state index contributed by atoms with van der Waals surface area (Å²) in [6.45, 7) is 4.71. The number of guanidine groups is 1. The molecule has 0 aromatic carbocycles. The summed E-state index contributed by atoms with van der Waals surface area (Å²) in [5.74, 6) is 1.66. The molecule has 0 bridgehead atoms. The Morgan fingerprint density at radius 1 is 1.69 bits per heavy atom. The highest BCUT2D eigenvalue weighted by Gasteiger charge is 2.05. The van der Waals surface area contributed by atoms with Crippen LogP contribution in [0.2, 0.25) is 0 Å². The second-order valence-electron chi connectivity index (χ2n) is 2.84. The molecule has 0 saturated carbocycles. The standard InChI is InChI=1S/C8H13N5/c1-2-13-6-3-7(12-13)11-8-9-4-5-10-8/h3,6H,2,4-5H2,1H3,(H2,9,10,11,12). The molecule has 13 heavy (non-hydrogen) atoms. The van der Waals surface area contributed by atoms with E-state index < -0.39 is 0 Å². The van der Waals surface area contributed by atoms with E-state index in [4.69, 9.17) is 0 Å². The number of rotatable bonds is 2. The average molecular weight is 179 g/mol. The van der Waals surface area contributed by atoms with Gasteiger partial charge in [0.1, 0.15) is 0 Å². The van der Waals surface area contributed by atoms with Gasteiger partial charge in [-0.1, -0.05) is 0 Å². The van der Waals surface area contributed by atoms with Gasteiger partial charge in [0.25, 0.3) is 0 Å². The normalized spacial score (nSPS) is 15.3. The lowest BCUT2D eigenvalue weighted by Crippen LogP contribution is -2.26. The summed E-state index contributed by atoms with van der Waals surface area (Å²) in [5, 5.41) is 10.5. The van der Waals surface area contributed by atoms with E-state index in [0.717, 1.165) is 31.4 Å². The van der Waals surface area contributed by atoms with Gasteiger partial charge in [-0.2, -0.15) is 5.10 Å². The first-order valence-corrected chi connectivity index (χ1v) is 4.47. The van der Waals surface area contributed by atoms with E-state index in [1.807, 2.05) is 16.9 Å². The fourth-order valence-electron chi connectivity index (χ4n) is 1.21. The Hall–Kier alpha value is -1.52. The maximum atomic E-state index is 4.28. The quantitative estimate of drug-likeness (QED) is 0.685. The Kier molecular flexibility index (Phi) is 2.16. The molecule has 0 unspecified atom stereocenters. The van der Waals surface area contributed by atoms with E-state index >= 15 is 0 Å². The van der Waals surface area contributed by atoms with E-state index in [-0.39, 0.29) is 0 Å². The lowest BCUT2D eigenvalue weighted by molar-refractivity contribution is 0.662. The van der Waals surface area contributed by atoms with Crippen molar-refractivity contribution in [3.05, 3.63) is 12.3 Å². The van der Waals surface area contributed by atoms with Crippen LogP contribution < -0.4 is 10.6 Å². The van der Waals surface area contributed by atoms with Gasteiger partial charge in [0, 0.05) is 25.4 Å². The van der Waals surface area contributed by atoms with Crippen LogP contribution in [0.4, 0.5) is 5.82 Å². The molecule has 0 saturated heterocycles. The number of hydrogen-bond donors (Lipinski definition) is 2. The van der Waals surface area contributed by atoms with Crippen LogP contribution in [0.15, 0.2) is 17.3 Å². The zero-order valence-electron chi connectivity index (χ0n) is 7.62. The SMILES string of the molecule is CCn1ccc(NC2=NCCN2)n1. The first-order valence-electron chi connectivity index (χ1n) is 4.47. The van der Waals surface area contributed by atoms with Crippen molar-refractivity contribution in [2.24, 2.45) is 4.99 Å². The molecule has 0 fully saturated rings. The topological polar surface area (TPSA) is 54.2 Å². The van der Waals surface area contributed by atoms with Crippen molar-refractivity contribution in [3.63, 3.8) is 0 Å². The number of aliphatic imine (C=N–C) groups is 1. The van der Waals surface area contributed by atoms with Crippen molar-refractivity contribution in [2.75, 3.05) is 18.4 Å². The maximum absolute atomic E-state index is 4.28. The zero-order valence-corrected chi connectivity index (χ0v) is 7.62. The number of aromatic nitrogens is 2. The van der Waals surface area contributed by atoms with Crippen LogP contribution in [0.3, 0.4) is 0 Å². The molecule has 70 valence electrons. The highest BCUT2D eigenvalue weighted by Crippen LogP contribution is 2.02. The Morgan fingerprint density at radius 2 is 2.62 bits per heavy atom. The highest BCUT2D eigenvalue weighted by atomic mass is 15.3. The van der Waals surface area contributed by atoms with Crippen LogP contribution in [0, 0.1) is 0 Å². The summed E-state index contributed by atoms with van der Waals surface area (Å²) in [6, 6.07) is 1.94. The third-order valence-electron chi connectivity index (χ3n) is 1.89. The van der Waals surface area contributed by atoms with Gasteiger partial charge in [0.05, 0.1) is 6.54 Å². The predicted molar refractivity (Wildman–Crippen MR) is 51.8 cm³/mol. The Balaban J connectivity index is 2.00. The molecule has 1 aliphatic heterocycles. The van der Waals surface area contributed by atoms with Crippen LogP contribution in [-0.4, -0.2) is 28.8 Å². The minimum atomic E-state index is 0.821. The van der Waals surface area contributed by atoms with E-state index in [0.29, 0.717) is 0 Å². The summed E-state index contributed by atoms with van der Waals surface area (Å²) in [4.78, 5) is 4.21. The van der Waals surface area contributed by atoms with Crippen LogP contribution in [0.1, 0.15) is 6.92 Å². The molecule has 0 amide bonds. The summed E-state index contributed by atoms with van der Waals surface area (Å²) in [7, 11) is 0. The van der Waals surface area contributed by atoms with Crippen molar-refractivity contribution in [3.8, 4) is 0 Å². The minimum Gasteiger partial charge on any atom is -0.354 e. The molecular formula is C8H13N5. The van der Waals surface area contributed by atoms with Gasteiger partial charge in [-0.25, -0.2) is 0 Å². The minimum absolute atomic E-state index is 0.821. The van der Waals surface area contributed by atoms with Crippen LogP contribution in [0.25, 0.3) is 0 Å². The van der Waals surface area contributed by atoms with Crippen LogP contribution >= 0.6 is 0 Å². The van der Waals surface area contributed by atoms with Gasteiger partial charge >= 0.3 is 0 Å². The van der Waals surface area contributed by atoms with Gasteiger partial charge in [-0.05, 0) is 6.92 Å². The average Bonchev–Trinajstić information content (AvgIpc) is 2.76. The van der Waals surface area contributed by atoms with Crippen molar-refractivity contribution in [1.82, 2.24) is 15.1 Å². The second kappa shape index (κ2) is 3.47. The summed E-state index contributed by atoms with van der Waals surface area (Å²) in [5.41, 5.74) is 0. The van der Waals surface area contributed by atoms with Crippen molar-refractivity contribution >= 4 is 11.8 Å². The maximum Gasteiger partial charge on any atom is 0.197 e. The molecule has 1 aromatic heterocycles. The summed E-state index contributed by atoms with van der Waals surface area (Å²) < 4.78 is 1.87. The van der Waals surface area contributed by atoms with Gasteiger partial charge in [-0.3, -0.25) is 9.67 Å². The zero-order chi connectivity index (χ0) is 9.10. The van der Waals surface area contributed by atoms with Crippen molar-refractivity contribution in [2.45, 2.75) is 13.5 Å². The smallest absolute Gasteiger partial charge is 0.197 e. The lowest BCUT2D eigenvalue weighted by atomic mass is 10.6. The first-order chi connectivity index (χ1) is 6.38. The fraction of sp³-hybridized carbons (Fsp3) is 0.500. The number of aryl methyl sites for hydroxylation is 1. The number of nitrogens with zero attached hydrogens (tertiary/aromatic N) is 3. The molecular weight excluding hydrogens is 166 g/mol. The molecule has 0 atom stereocenters. The second-order valence-corrected chi connectivity index (χ2v) is 2.84. The monoisotopic (exact) mass is 179 g/mol. The summed E-state index contributed by atoms with van der Waals surface area (Å²) >= 11 is 0. The number of hydrogen-bond acceptors (Lipinski definition) is 4. The third-order valence-corrected chi connectivity index (χ3v) is 1.89. The first kappa shape index (κ1) is 8.10. The number of anilines is 1. The fourth-order valence-corrected chi connectivity index (χ4v) is 1.21. The lowest BCUT2D eigenvalue weighted by Gasteiger charge is -2.01. The van der Waals surface area contributed by atoms with E-state index in [1.54, 1.807) is 0 Å². The molecule has 2 heterocycles. The molecule has 0 aliphatic carbocycles. The molecule has 2 rings (SSSR count). The van der Waals surface area contributed by atoms with Gasteiger partial charge < -0.3 is 10.6 Å². The molecule has 5 nitrogen and oxygen atoms in total. The van der Waals surface area contributed by atoms with E-state index in [1.165, 1.54) is 0 Å². The van der Waals surface area contributed by atoms with Crippen molar-refractivity contribution < 1.29 is 0 Å². The molecule has 0 spiro atoms. The molecule has 0 radical (unpaired) electrons. The van der Waals surface area contributed by atoms with Crippen LogP contribution in [-0.2, 0) is 6.54 Å².